The average molecular weight is 421 g/mol. The van der Waals surface area contributed by atoms with E-state index in [0.717, 1.165) is 5.56 Å². The number of pyridine rings is 1. The molecule has 1 aliphatic rings. The Hall–Kier alpha value is -3.06. The molecule has 0 amide bonds. The van der Waals surface area contributed by atoms with Crippen molar-refractivity contribution in [3.63, 3.8) is 0 Å². The van der Waals surface area contributed by atoms with E-state index in [1.54, 1.807) is 7.11 Å². The number of hydrogen-bond donors (Lipinski definition) is 1. The number of aromatic amines is 1. The molecular weight excluding hydrogens is 394 g/mol. The van der Waals surface area contributed by atoms with Crippen LogP contribution in [0.3, 0.4) is 0 Å². The average Bonchev–Trinajstić information content (AvgIpc) is 2.75. The van der Waals surface area contributed by atoms with Gasteiger partial charge in [0.2, 0.25) is 0 Å². The van der Waals surface area contributed by atoms with Crippen molar-refractivity contribution >= 4 is 16.8 Å². The molecule has 7 heteroatoms. The third kappa shape index (κ3) is 3.97. The Morgan fingerprint density at radius 3 is 2.58 bits per heavy atom. The number of nitrogens with one attached hydrogen (secondary N) is 1. The molecule has 7 nitrogen and oxygen atoms in total. The molecule has 31 heavy (non-hydrogen) atoms. The highest BCUT2D eigenvalue weighted by molar-refractivity contribution is 6.02. The van der Waals surface area contributed by atoms with Gasteiger partial charge in [0.15, 0.2) is 5.78 Å². The van der Waals surface area contributed by atoms with E-state index in [-0.39, 0.29) is 11.7 Å². The number of methoxy groups -OCH3 is 1. The third-order valence-electron chi connectivity index (χ3n) is 6.10. The monoisotopic (exact) mass is 421 g/mol. The van der Waals surface area contributed by atoms with Crippen LogP contribution < -0.4 is 11.2 Å². The van der Waals surface area contributed by atoms with E-state index >= 15 is 0 Å². The number of rotatable bonds is 6. The number of ketones is 1. The second-order valence-corrected chi connectivity index (χ2v) is 8.46. The fourth-order valence-electron chi connectivity index (χ4n) is 4.37. The topological polar surface area (TPSA) is 94.1 Å². The van der Waals surface area contributed by atoms with Crippen molar-refractivity contribution in [3.05, 3.63) is 73.6 Å². The Kier molecular flexibility index (Phi) is 5.87. The van der Waals surface area contributed by atoms with Crippen molar-refractivity contribution in [2.24, 2.45) is 0 Å². The van der Waals surface area contributed by atoms with Gasteiger partial charge in [-0.3, -0.25) is 19.1 Å². The number of Topliss-reactive ketones (excluding diaryl/α,β-unsaturated/α-hetero) is 1. The summed E-state index contributed by atoms with van der Waals surface area (Å²) in [6.07, 6.45) is 3.07. The van der Waals surface area contributed by atoms with Gasteiger partial charge in [0.25, 0.3) is 5.56 Å². The van der Waals surface area contributed by atoms with E-state index in [4.69, 9.17) is 4.74 Å². The van der Waals surface area contributed by atoms with Crippen molar-refractivity contribution < 1.29 is 9.53 Å². The van der Waals surface area contributed by atoms with Crippen LogP contribution in [0.1, 0.15) is 65.6 Å². The van der Waals surface area contributed by atoms with Crippen molar-refractivity contribution in [1.29, 1.82) is 0 Å². The molecule has 1 atom stereocenters. The molecule has 0 saturated heterocycles. The van der Waals surface area contributed by atoms with E-state index in [2.05, 4.69) is 48.1 Å². The van der Waals surface area contributed by atoms with Crippen LogP contribution in [-0.2, 0) is 17.7 Å². The van der Waals surface area contributed by atoms with Crippen LogP contribution in [0.5, 0.6) is 0 Å². The molecule has 0 spiro atoms. The lowest BCUT2D eigenvalue weighted by Crippen LogP contribution is -2.33. The van der Waals surface area contributed by atoms with Crippen molar-refractivity contribution in [3.8, 4) is 0 Å². The Morgan fingerprint density at radius 2 is 1.90 bits per heavy atom. The Balaban J connectivity index is 1.80. The first-order chi connectivity index (χ1) is 14.9. The van der Waals surface area contributed by atoms with Crippen LogP contribution >= 0.6 is 0 Å². The number of nitrogens with zero attached hydrogens (tertiary/aromatic N) is 2. The second kappa shape index (κ2) is 8.59. The summed E-state index contributed by atoms with van der Waals surface area (Å²) in [7, 11) is 1.60. The minimum Gasteiger partial charge on any atom is -0.385 e. The molecule has 1 unspecified atom stereocenters. The maximum absolute atomic E-state index is 12.9. The lowest BCUT2D eigenvalue weighted by molar-refractivity contribution is 0.0964. The van der Waals surface area contributed by atoms with Crippen LogP contribution in [0.4, 0.5) is 0 Å². The molecule has 1 aliphatic carbocycles. The first-order valence-electron chi connectivity index (χ1n) is 10.7. The number of aryl methyl sites for hydroxylation is 1. The van der Waals surface area contributed by atoms with Gasteiger partial charge in [-0.2, -0.15) is 0 Å². The van der Waals surface area contributed by atoms with Gasteiger partial charge < -0.3 is 4.74 Å². The first-order valence-corrected chi connectivity index (χ1v) is 10.7. The number of fused-ring (bicyclic) bond motifs is 3. The van der Waals surface area contributed by atoms with Gasteiger partial charge in [-0.15, -0.1) is 0 Å². The summed E-state index contributed by atoms with van der Waals surface area (Å²) in [4.78, 5) is 44.9. The van der Waals surface area contributed by atoms with Gasteiger partial charge in [-0.1, -0.05) is 38.1 Å². The maximum atomic E-state index is 12.9. The van der Waals surface area contributed by atoms with Crippen molar-refractivity contribution in [1.82, 2.24) is 14.5 Å². The summed E-state index contributed by atoms with van der Waals surface area (Å²) in [5, 5.41) is 0.339. The van der Waals surface area contributed by atoms with E-state index in [0.29, 0.717) is 60.5 Å². The predicted octanol–water partition coefficient (Wildman–Crippen LogP) is 3.16. The fourth-order valence-corrected chi connectivity index (χ4v) is 4.37. The lowest BCUT2D eigenvalue weighted by Gasteiger charge is -2.25. The van der Waals surface area contributed by atoms with E-state index in [1.165, 1.54) is 16.3 Å². The van der Waals surface area contributed by atoms with Crippen molar-refractivity contribution in [2.75, 3.05) is 13.7 Å². The standard InChI is InChI=1S/C24H27N3O4/c1-14(2)15-5-7-16(8-6-15)17-11-18-19(20(28)12-17)13-25-22-21(18)23(29)26-24(30)27(22)9-4-10-31-3/h5-8,13-14,17H,4,9-12H2,1-3H3,(H,26,29,30). The predicted molar refractivity (Wildman–Crippen MR) is 119 cm³/mol. The van der Waals surface area contributed by atoms with E-state index < -0.39 is 11.2 Å². The summed E-state index contributed by atoms with van der Waals surface area (Å²) < 4.78 is 6.54. The Morgan fingerprint density at radius 1 is 1.16 bits per heavy atom. The molecule has 1 N–H and O–H groups in total. The minimum absolute atomic E-state index is 0.0138. The zero-order valence-corrected chi connectivity index (χ0v) is 18.1. The van der Waals surface area contributed by atoms with Gasteiger partial charge in [0.1, 0.15) is 5.65 Å². The zero-order chi connectivity index (χ0) is 22.1. The van der Waals surface area contributed by atoms with Crippen LogP contribution in [0, 0.1) is 0 Å². The number of aromatic nitrogens is 3. The third-order valence-corrected chi connectivity index (χ3v) is 6.10. The number of ether oxygens (including phenoxy) is 1. The zero-order valence-electron chi connectivity index (χ0n) is 18.1. The molecule has 1 aromatic carbocycles. The molecule has 0 bridgehead atoms. The van der Waals surface area contributed by atoms with Gasteiger partial charge >= 0.3 is 5.69 Å². The molecule has 3 aromatic rings. The minimum atomic E-state index is -0.496. The number of carbonyl (C=O) groups is 1. The molecule has 0 aliphatic heterocycles. The Bertz CT molecular complexity index is 1240. The normalized spacial score (nSPS) is 16.1. The smallest absolute Gasteiger partial charge is 0.329 e. The number of hydrogen-bond acceptors (Lipinski definition) is 5. The van der Waals surface area contributed by atoms with Crippen LogP contribution in [0.15, 0.2) is 40.1 Å². The van der Waals surface area contributed by atoms with E-state index in [1.807, 2.05) is 0 Å². The molecule has 162 valence electrons. The molecule has 2 aromatic heterocycles. The number of benzene rings is 1. The lowest BCUT2D eigenvalue weighted by atomic mass is 9.79. The molecule has 2 heterocycles. The fraction of sp³-hybridized carbons (Fsp3) is 0.417. The molecule has 4 rings (SSSR count). The highest BCUT2D eigenvalue weighted by Crippen LogP contribution is 2.35. The molecule has 0 saturated carbocycles. The van der Waals surface area contributed by atoms with Gasteiger partial charge in [0, 0.05) is 38.4 Å². The summed E-state index contributed by atoms with van der Waals surface area (Å²) in [6, 6.07) is 8.36. The quantitative estimate of drug-likeness (QED) is 0.617. The van der Waals surface area contributed by atoms with Gasteiger partial charge in [0.05, 0.1) is 5.39 Å². The van der Waals surface area contributed by atoms with Crippen molar-refractivity contribution in [2.45, 2.75) is 51.5 Å². The molecular formula is C24H27N3O4. The highest BCUT2D eigenvalue weighted by atomic mass is 16.5. The second-order valence-electron chi connectivity index (χ2n) is 8.46. The maximum Gasteiger partial charge on any atom is 0.329 e. The largest absolute Gasteiger partial charge is 0.385 e. The number of carbonyl (C=O) groups excluding carboxylic acids is 1. The summed E-state index contributed by atoms with van der Waals surface area (Å²) in [6.45, 7) is 5.16. The Labute approximate surface area is 180 Å². The van der Waals surface area contributed by atoms with Crippen LogP contribution in [0.2, 0.25) is 0 Å². The first kappa shape index (κ1) is 21.2. The molecule has 0 fully saturated rings. The van der Waals surface area contributed by atoms with Crippen LogP contribution in [0.25, 0.3) is 11.0 Å². The highest BCUT2D eigenvalue weighted by Gasteiger charge is 2.30. The van der Waals surface area contributed by atoms with Gasteiger partial charge in [-0.05, 0) is 41.4 Å². The summed E-state index contributed by atoms with van der Waals surface area (Å²) in [5.74, 6) is 0.399. The number of H-pyrrole nitrogens is 1. The van der Waals surface area contributed by atoms with Crippen LogP contribution in [-0.4, -0.2) is 34.0 Å². The summed E-state index contributed by atoms with van der Waals surface area (Å²) in [5.41, 5.74) is 2.83. The van der Waals surface area contributed by atoms with E-state index in [9.17, 15) is 14.4 Å². The van der Waals surface area contributed by atoms with Gasteiger partial charge in [-0.25, -0.2) is 9.78 Å². The summed E-state index contributed by atoms with van der Waals surface area (Å²) >= 11 is 0. The SMILES string of the molecule is COCCCn1c(=O)[nH]c(=O)c2c3c(cnc21)C(=O)CC(c1ccc(C(C)C)cc1)C3. The molecule has 0 radical (unpaired) electrons.